The predicted molar refractivity (Wildman–Crippen MR) is 134 cm³/mol. The first kappa shape index (κ1) is 22.8. The van der Waals surface area contributed by atoms with E-state index >= 15 is 0 Å². The third-order valence-corrected chi connectivity index (χ3v) is 7.86. The van der Waals surface area contributed by atoms with Crippen molar-refractivity contribution >= 4 is 34.1 Å². The molecule has 174 valence electrons. The summed E-state index contributed by atoms with van der Waals surface area (Å²) in [4.78, 5) is 25.9. The zero-order valence-corrected chi connectivity index (χ0v) is 20.7. The minimum atomic E-state index is -0.193. The van der Waals surface area contributed by atoms with Crippen LogP contribution in [0.5, 0.6) is 0 Å². The Morgan fingerprint density at radius 1 is 1.21 bits per heavy atom. The third kappa shape index (κ3) is 5.06. The molecule has 1 aliphatic heterocycles. The first-order valence-electron chi connectivity index (χ1n) is 11.1. The monoisotopic (exact) mass is 491 g/mol. The summed E-state index contributed by atoms with van der Waals surface area (Å²) in [5.74, 6) is 1.24. The third-order valence-electron chi connectivity index (χ3n) is 5.83. The molecule has 0 atom stereocenters. The van der Waals surface area contributed by atoms with Crippen LogP contribution in [0.3, 0.4) is 0 Å². The standard InChI is InChI=1S/C25H25N5O2S2/c1-16-20(17(2)32-29-16)15-33-24-19(9-6-11-26-24)23(31)28-25-27-21-10-12-30(14-22(21)34-25)13-18-7-4-3-5-8-18/h3-9,11H,10,12-15H2,1-2H3,(H,27,28,31). The number of carbonyl (C=O) groups excluding carboxylic acids is 1. The van der Waals surface area contributed by atoms with Gasteiger partial charge in [0, 0.05) is 48.4 Å². The number of aryl methyl sites for hydroxylation is 2. The number of nitrogens with one attached hydrogen (secondary N) is 1. The number of pyridine rings is 1. The summed E-state index contributed by atoms with van der Waals surface area (Å²) in [6, 6.07) is 14.1. The second-order valence-corrected chi connectivity index (χ2v) is 10.3. The summed E-state index contributed by atoms with van der Waals surface area (Å²) in [5, 5.41) is 8.32. The average Bonchev–Trinajstić information content (AvgIpc) is 3.39. The van der Waals surface area contributed by atoms with Crippen molar-refractivity contribution in [3.8, 4) is 0 Å². The molecule has 0 saturated carbocycles. The van der Waals surface area contributed by atoms with Crippen molar-refractivity contribution in [1.82, 2.24) is 20.0 Å². The minimum absolute atomic E-state index is 0.193. The summed E-state index contributed by atoms with van der Waals surface area (Å²) in [6.07, 6.45) is 2.59. The van der Waals surface area contributed by atoms with Crippen molar-refractivity contribution in [1.29, 1.82) is 0 Å². The molecule has 0 fully saturated rings. The van der Waals surface area contributed by atoms with Gasteiger partial charge in [-0.25, -0.2) is 9.97 Å². The van der Waals surface area contributed by atoms with E-state index in [-0.39, 0.29) is 5.91 Å². The maximum Gasteiger partial charge on any atom is 0.260 e. The van der Waals surface area contributed by atoms with Gasteiger partial charge in [-0.3, -0.25) is 15.0 Å². The predicted octanol–water partition coefficient (Wildman–Crippen LogP) is 5.25. The van der Waals surface area contributed by atoms with Gasteiger partial charge in [0.15, 0.2) is 5.13 Å². The number of amides is 1. The quantitative estimate of drug-likeness (QED) is 0.354. The molecule has 0 unspecified atom stereocenters. The molecule has 34 heavy (non-hydrogen) atoms. The van der Waals surface area contributed by atoms with Crippen LogP contribution >= 0.6 is 23.1 Å². The molecule has 1 aliphatic rings. The van der Waals surface area contributed by atoms with Gasteiger partial charge in [-0.15, -0.1) is 23.1 Å². The highest BCUT2D eigenvalue weighted by atomic mass is 32.2. The SMILES string of the molecule is Cc1noc(C)c1CSc1ncccc1C(=O)Nc1nc2c(s1)CN(Cc1ccccc1)CC2. The van der Waals surface area contributed by atoms with Crippen molar-refractivity contribution in [2.75, 3.05) is 11.9 Å². The molecule has 0 spiro atoms. The molecule has 0 radical (unpaired) electrons. The molecule has 1 amide bonds. The number of anilines is 1. The molecule has 7 nitrogen and oxygen atoms in total. The fourth-order valence-electron chi connectivity index (χ4n) is 3.97. The smallest absolute Gasteiger partial charge is 0.260 e. The number of thiazole rings is 1. The molecule has 0 saturated heterocycles. The Labute approximate surface area is 206 Å². The maximum atomic E-state index is 13.1. The summed E-state index contributed by atoms with van der Waals surface area (Å²) >= 11 is 3.07. The summed E-state index contributed by atoms with van der Waals surface area (Å²) in [6.45, 7) is 6.55. The van der Waals surface area contributed by atoms with Crippen LogP contribution in [-0.4, -0.2) is 32.5 Å². The van der Waals surface area contributed by atoms with Crippen molar-refractivity contribution < 1.29 is 9.32 Å². The highest BCUT2D eigenvalue weighted by Crippen LogP contribution is 2.31. The summed E-state index contributed by atoms with van der Waals surface area (Å²) in [5.41, 5.74) is 4.83. The zero-order valence-electron chi connectivity index (χ0n) is 19.1. The number of benzene rings is 1. The Balaban J connectivity index is 1.25. The van der Waals surface area contributed by atoms with Gasteiger partial charge >= 0.3 is 0 Å². The lowest BCUT2D eigenvalue weighted by Gasteiger charge is -2.25. The molecule has 1 N–H and O–H groups in total. The van der Waals surface area contributed by atoms with E-state index in [0.29, 0.717) is 21.5 Å². The lowest BCUT2D eigenvalue weighted by atomic mass is 10.1. The summed E-state index contributed by atoms with van der Waals surface area (Å²) in [7, 11) is 0. The van der Waals surface area contributed by atoms with E-state index in [1.165, 1.54) is 22.2 Å². The van der Waals surface area contributed by atoms with Crippen LogP contribution in [0.4, 0.5) is 5.13 Å². The molecular formula is C25H25N5O2S2. The van der Waals surface area contributed by atoms with E-state index < -0.39 is 0 Å². The normalized spacial score (nSPS) is 13.6. The highest BCUT2D eigenvalue weighted by molar-refractivity contribution is 7.98. The lowest BCUT2D eigenvalue weighted by Crippen LogP contribution is -2.29. The van der Waals surface area contributed by atoms with E-state index in [1.807, 2.05) is 19.9 Å². The zero-order chi connectivity index (χ0) is 23.5. The highest BCUT2D eigenvalue weighted by Gasteiger charge is 2.22. The second-order valence-electron chi connectivity index (χ2n) is 8.24. The first-order valence-corrected chi connectivity index (χ1v) is 12.9. The number of nitrogens with zero attached hydrogens (tertiary/aromatic N) is 4. The molecule has 4 heterocycles. The number of carbonyl (C=O) groups is 1. The molecule has 5 rings (SSSR count). The first-order chi connectivity index (χ1) is 16.6. The van der Waals surface area contributed by atoms with Crippen LogP contribution in [0.15, 0.2) is 58.2 Å². The molecule has 0 bridgehead atoms. The van der Waals surface area contributed by atoms with Crippen molar-refractivity contribution in [3.63, 3.8) is 0 Å². The van der Waals surface area contributed by atoms with Gasteiger partial charge in [-0.1, -0.05) is 35.5 Å². The van der Waals surface area contributed by atoms with Gasteiger partial charge in [-0.05, 0) is 31.5 Å². The van der Waals surface area contributed by atoms with Crippen LogP contribution in [0.1, 0.15) is 43.5 Å². The lowest BCUT2D eigenvalue weighted by molar-refractivity contribution is 0.102. The Kier molecular flexibility index (Phi) is 6.75. The van der Waals surface area contributed by atoms with E-state index in [9.17, 15) is 4.79 Å². The topological polar surface area (TPSA) is 84.1 Å². The van der Waals surface area contributed by atoms with Crippen molar-refractivity contribution in [2.24, 2.45) is 0 Å². The van der Waals surface area contributed by atoms with Crippen LogP contribution in [0.25, 0.3) is 0 Å². The largest absolute Gasteiger partial charge is 0.361 e. The van der Waals surface area contributed by atoms with Gasteiger partial charge in [-0.2, -0.15) is 0 Å². The van der Waals surface area contributed by atoms with Crippen LogP contribution < -0.4 is 5.32 Å². The van der Waals surface area contributed by atoms with Gasteiger partial charge in [0.05, 0.1) is 17.0 Å². The fraction of sp³-hybridized carbons (Fsp3) is 0.280. The van der Waals surface area contributed by atoms with Crippen molar-refractivity contribution in [2.45, 2.75) is 44.1 Å². The fourth-order valence-corrected chi connectivity index (χ4v) is 6.16. The average molecular weight is 492 g/mol. The number of fused-ring (bicyclic) bond motifs is 1. The van der Waals surface area contributed by atoms with Crippen LogP contribution in [0, 0.1) is 13.8 Å². The van der Waals surface area contributed by atoms with Gasteiger partial charge in [0.2, 0.25) is 0 Å². The number of hydrogen-bond donors (Lipinski definition) is 1. The Bertz CT molecular complexity index is 1280. The van der Waals surface area contributed by atoms with E-state index in [2.05, 4.69) is 44.6 Å². The van der Waals surface area contributed by atoms with E-state index in [0.717, 1.165) is 48.8 Å². The summed E-state index contributed by atoms with van der Waals surface area (Å²) < 4.78 is 5.25. The molecule has 4 aromatic rings. The number of rotatable bonds is 7. The van der Waals surface area contributed by atoms with Crippen LogP contribution in [-0.2, 0) is 25.3 Å². The number of thioether (sulfide) groups is 1. The van der Waals surface area contributed by atoms with Gasteiger partial charge in [0.1, 0.15) is 10.8 Å². The Hall–Kier alpha value is -3.01. The molecule has 3 aromatic heterocycles. The van der Waals surface area contributed by atoms with Gasteiger partial charge < -0.3 is 4.52 Å². The molecule has 1 aromatic carbocycles. The van der Waals surface area contributed by atoms with Crippen molar-refractivity contribution in [3.05, 3.63) is 87.4 Å². The number of aromatic nitrogens is 3. The van der Waals surface area contributed by atoms with E-state index in [4.69, 9.17) is 9.51 Å². The Morgan fingerprint density at radius 3 is 2.85 bits per heavy atom. The molecular weight excluding hydrogens is 466 g/mol. The number of hydrogen-bond acceptors (Lipinski definition) is 8. The Morgan fingerprint density at radius 2 is 2.06 bits per heavy atom. The van der Waals surface area contributed by atoms with E-state index in [1.54, 1.807) is 29.7 Å². The maximum absolute atomic E-state index is 13.1. The van der Waals surface area contributed by atoms with Gasteiger partial charge in [0.25, 0.3) is 5.91 Å². The molecule has 0 aliphatic carbocycles. The molecule has 9 heteroatoms. The minimum Gasteiger partial charge on any atom is -0.361 e. The second kappa shape index (κ2) is 10.1. The van der Waals surface area contributed by atoms with Crippen LogP contribution in [0.2, 0.25) is 0 Å².